The number of carbonyl (C=O) groups is 2. The Labute approximate surface area is 180 Å². The van der Waals surface area contributed by atoms with Gasteiger partial charge in [-0.05, 0) is 40.7 Å². The molecule has 0 bridgehead atoms. The molecule has 2 aliphatic rings. The average molecular weight is 413 g/mol. The first-order valence-electron chi connectivity index (χ1n) is 10.5. The second-order valence-corrected chi connectivity index (χ2v) is 8.26. The predicted octanol–water partition coefficient (Wildman–Crippen LogP) is 4.71. The lowest BCUT2D eigenvalue weighted by atomic mass is 9.88. The van der Waals surface area contributed by atoms with Gasteiger partial charge in [0.1, 0.15) is 12.6 Å². The van der Waals surface area contributed by atoms with E-state index in [0.717, 1.165) is 40.7 Å². The van der Waals surface area contributed by atoms with E-state index in [4.69, 9.17) is 4.74 Å². The number of ether oxygens (including phenoxy) is 1. The molecule has 0 aromatic heterocycles. The standard InChI is InChI=1S/C26H23NO4/c28-24(29)23(26(14-15-26)17-8-2-1-3-9-17)27-25(30)31-16-22-20-12-6-4-10-18(20)19-11-5-7-13-21(19)22/h1-13,22-23H,14-16H2,(H,27,30)(H,28,29). The molecule has 0 aliphatic heterocycles. The Morgan fingerprint density at radius 2 is 1.45 bits per heavy atom. The molecule has 31 heavy (non-hydrogen) atoms. The van der Waals surface area contributed by atoms with Crippen LogP contribution in [0.3, 0.4) is 0 Å². The highest BCUT2D eigenvalue weighted by molar-refractivity contribution is 5.83. The zero-order chi connectivity index (χ0) is 21.4. The van der Waals surface area contributed by atoms with Crippen LogP contribution < -0.4 is 5.32 Å². The van der Waals surface area contributed by atoms with Gasteiger partial charge in [0.05, 0.1) is 0 Å². The SMILES string of the molecule is O=C(NC(C(=O)O)C1(c2ccccc2)CC1)OCC1c2ccccc2-c2ccccc21. The quantitative estimate of drug-likeness (QED) is 0.614. The Balaban J connectivity index is 1.32. The van der Waals surface area contributed by atoms with Crippen LogP contribution in [0.2, 0.25) is 0 Å². The number of carboxylic acids is 1. The summed E-state index contributed by atoms with van der Waals surface area (Å²) in [7, 11) is 0. The van der Waals surface area contributed by atoms with E-state index in [1.807, 2.05) is 54.6 Å². The van der Waals surface area contributed by atoms with Gasteiger partial charge in [-0.25, -0.2) is 9.59 Å². The van der Waals surface area contributed by atoms with E-state index in [1.54, 1.807) is 0 Å². The van der Waals surface area contributed by atoms with Gasteiger partial charge in [0.2, 0.25) is 0 Å². The minimum absolute atomic E-state index is 0.0644. The lowest BCUT2D eigenvalue weighted by Gasteiger charge is -2.25. The number of aliphatic carboxylic acids is 1. The molecule has 1 unspecified atom stereocenters. The fraction of sp³-hybridized carbons (Fsp3) is 0.231. The van der Waals surface area contributed by atoms with E-state index in [2.05, 4.69) is 29.6 Å². The summed E-state index contributed by atoms with van der Waals surface area (Å²) < 4.78 is 5.57. The molecule has 0 radical (unpaired) electrons. The minimum Gasteiger partial charge on any atom is -0.480 e. The normalized spacial score (nSPS) is 16.6. The highest BCUT2D eigenvalue weighted by Gasteiger charge is 2.54. The smallest absolute Gasteiger partial charge is 0.407 e. The van der Waals surface area contributed by atoms with Crippen molar-refractivity contribution in [3.05, 3.63) is 95.6 Å². The molecule has 1 atom stereocenters. The maximum absolute atomic E-state index is 12.6. The monoisotopic (exact) mass is 413 g/mol. The first kappa shape index (κ1) is 19.4. The van der Waals surface area contributed by atoms with E-state index in [1.165, 1.54) is 0 Å². The third kappa shape index (κ3) is 3.36. The lowest BCUT2D eigenvalue weighted by molar-refractivity contribution is -0.140. The van der Waals surface area contributed by atoms with E-state index >= 15 is 0 Å². The van der Waals surface area contributed by atoms with E-state index in [-0.39, 0.29) is 12.5 Å². The Bertz CT molecular complexity index is 1090. The number of rotatable bonds is 6. The largest absolute Gasteiger partial charge is 0.480 e. The van der Waals surface area contributed by atoms with Crippen molar-refractivity contribution in [1.82, 2.24) is 5.32 Å². The zero-order valence-corrected chi connectivity index (χ0v) is 17.0. The Morgan fingerprint density at radius 3 is 2.00 bits per heavy atom. The highest BCUT2D eigenvalue weighted by Crippen LogP contribution is 2.51. The molecule has 3 aromatic carbocycles. The second-order valence-electron chi connectivity index (χ2n) is 8.26. The number of amides is 1. The number of benzene rings is 3. The van der Waals surface area contributed by atoms with E-state index in [9.17, 15) is 14.7 Å². The number of carboxylic acid groups (broad SMARTS) is 1. The maximum Gasteiger partial charge on any atom is 0.407 e. The van der Waals surface area contributed by atoms with Gasteiger partial charge >= 0.3 is 12.1 Å². The van der Waals surface area contributed by atoms with E-state index in [0.29, 0.717) is 0 Å². The number of nitrogens with one attached hydrogen (secondary N) is 1. The molecule has 1 saturated carbocycles. The van der Waals surface area contributed by atoms with Crippen LogP contribution in [0.15, 0.2) is 78.9 Å². The van der Waals surface area contributed by atoms with Crippen LogP contribution >= 0.6 is 0 Å². The molecule has 5 rings (SSSR count). The van der Waals surface area contributed by atoms with Crippen molar-refractivity contribution in [2.24, 2.45) is 0 Å². The van der Waals surface area contributed by atoms with Crippen molar-refractivity contribution in [1.29, 1.82) is 0 Å². The Hall–Kier alpha value is -3.60. The summed E-state index contributed by atoms with van der Waals surface area (Å²) in [5.74, 6) is -1.11. The van der Waals surface area contributed by atoms with Crippen LogP contribution in [-0.2, 0) is 14.9 Å². The molecule has 2 aliphatic carbocycles. The number of alkyl carbamates (subject to hydrolysis) is 1. The summed E-state index contributed by atoms with van der Waals surface area (Å²) in [5, 5.41) is 12.5. The lowest BCUT2D eigenvalue weighted by Crippen LogP contribution is -2.49. The third-order valence-electron chi connectivity index (χ3n) is 6.54. The molecule has 156 valence electrons. The topological polar surface area (TPSA) is 75.6 Å². The van der Waals surface area contributed by atoms with Gasteiger partial charge in [-0.2, -0.15) is 0 Å². The predicted molar refractivity (Wildman–Crippen MR) is 117 cm³/mol. The van der Waals surface area contributed by atoms with Crippen molar-refractivity contribution in [3.8, 4) is 11.1 Å². The number of hydrogen-bond acceptors (Lipinski definition) is 3. The summed E-state index contributed by atoms with van der Waals surface area (Å²) in [6.07, 6.45) is 0.742. The summed E-state index contributed by atoms with van der Waals surface area (Å²) in [4.78, 5) is 24.7. The minimum atomic E-state index is -1.05. The molecule has 0 heterocycles. The van der Waals surface area contributed by atoms with Gasteiger partial charge in [0.15, 0.2) is 0 Å². The summed E-state index contributed by atoms with van der Waals surface area (Å²) in [6, 6.07) is 24.7. The summed E-state index contributed by atoms with van der Waals surface area (Å²) in [5.41, 5.74) is 4.90. The fourth-order valence-corrected chi connectivity index (χ4v) is 4.84. The second kappa shape index (κ2) is 7.58. The van der Waals surface area contributed by atoms with Gasteiger partial charge in [-0.3, -0.25) is 0 Å². The van der Waals surface area contributed by atoms with Gasteiger partial charge in [-0.15, -0.1) is 0 Å². The molecule has 0 saturated heterocycles. The van der Waals surface area contributed by atoms with Crippen LogP contribution in [0.25, 0.3) is 11.1 Å². The molecule has 2 N–H and O–H groups in total. The molecule has 5 nitrogen and oxygen atoms in total. The van der Waals surface area contributed by atoms with Crippen molar-refractivity contribution in [2.75, 3.05) is 6.61 Å². The van der Waals surface area contributed by atoms with Crippen molar-refractivity contribution >= 4 is 12.1 Å². The number of hydrogen-bond donors (Lipinski definition) is 2. The van der Waals surface area contributed by atoms with Crippen LogP contribution in [0.1, 0.15) is 35.4 Å². The van der Waals surface area contributed by atoms with Gasteiger partial charge in [0, 0.05) is 11.3 Å². The molecule has 0 spiro atoms. The maximum atomic E-state index is 12.6. The molecule has 3 aromatic rings. The zero-order valence-electron chi connectivity index (χ0n) is 17.0. The van der Waals surface area contributed by atoms with Crippen LogP contribution in [0.4, 0.5) is 4.79 Å². The van der Waals surface area contributed by atoms with Crippen LogP contribution in [-0.4, -0.2) is 29.8 Å². The highest BCUT2D eigenvalue weighted by atomic mass is 16.5. The molecular formula is C26H23NO4. The van der Waals surface area contributed by atoms with E-state index < -0.39 is 23.5 Å². The van der Waals surface area contributed by atoms with Gasteiger partial charge in [0.25, 0.3) is 0 Å². The molecule has 1 amide bonds. The average Bonchev–Trinajstić information content (AvgIpc) is 3.54. The van der Waals surface area contributed by atoms with Crippen molar-refractivity contribution in [2.45, 2.75) is 30.2 Å². The Kier molecular flexibility index (Phi) is 4.74. The molecule has 5 heteroatoms. The van der Waals surface area contributed by atoms with Crippen molar-refractivity contribution < 1.29 is 19.4 Å². The molecule has 1 fully saturated rings. The summed E-state index contributed by atoms with van der Waals surface area (Å²) >= 11 is 0. The number of fused-ring (bicyclic) bond motifs is 3. The third-order valence-corrected chi connectivity index (χ3v) is 6.54. The van der Waals surface area contributed by atoms with Crippen LogP contribution in [0.5, 0.6) is 0 Å². The van der Waals surface area contributed by atoms with Gasteiger partial charge < -0.3 is 15.2 Å². The van der Waals surface area contributed by atoms with Crippen LogP contribution in [0, 0.1) is 0 Å². The van der Waals surface area contributed by atoms with Crippen molar-refractivity contribution in [3.63, 3.8) is 0 Å². The first-order valence-corrected chi connectivity index (χ1v) is 10.5. The number of carbonyl (C=O) groups excluding carboxylic acids is 1. The Morgan fingerprint density at radius 1 is 0.903 bits per heavy atom. The molecular weight excluding hydrogens is 390 g/mol. The summed E-state index contributed by atoms with van der Waals surface area (Å²) in [6.45, 7) is 0.157. The van der Waals surface area contributed by atoms with Gasteiger partial charge in [-0.1, -0.05) is 78.9 Å². The fourth-order valence-electron chi connectivity index (χ4n) is 4.84. The first-order chi connectivity index (χ1) is 15.1.